The highest BCUT2D eigenvalue weighted by molar-refractivity contribution is 5.79. The van der Waals surface area contributed by atoms with E-state index in [9.17, 15) is 4.79 Å². The van der Waals surface area contributed by atoms with Crippen molar-refractivity contribution in [1.29, 1.82) is 0 Å². The first-order valence-corrected chi connectivity index (χ1v) is 9.81. The Bertz CT molecular complexity index is 886. The second-order valence-electron chi connectivity index (χ2n) is 7.25. The van der Waals surface area contributed by atoms with Gasteiger partial charge in [-0.1, -0.05) is 54.6 Å². The zero-order valence-corrected chi connectivity index (χ0v) is 16.0. The van der Waals surface area contributed by atoms with Gasteiger partial charge in [0.25, 0.3) is 0 Å². The Morgan fingerprint density at radius 1 is 0.750 bits per heavy atom. The number of carbonyl (C=O) groups is 1. The SMILES string of the molecule is O=C(Cc1ccc(-c2ccccc2)cc1)N1CCN(Cc2ccncc2)CC1. The Morgan fingerprint density at radius 2 is 1.39 bits per heavy atom. The normalized spacial score (nSPS) is 14.8. The van der Waals surface area contributed by atoms with Crippen LogP contribution in [-0.2, 0) is 17.8 Å². The van der Waals surface area contributed by atoms with Crippen LogP contribution >= 0.6 is 0 Å². The minimum absolute atomic E-state index is 0.219. The van der Waals surface area contributed by atoms with Gasteiger partial charge in [-0.25, -0.2) is 0 Å². The molecular formula is C24H25N3O. The third kappa shape index (κ3) is 4.65. The first-order chi connectivity index (χ1) is 13.8. The van der Waals surface area contributed by atoms with Crippen molar-refractivity contribution in [1.82, 2.24) is 14.8 Å². The molecule has 142 valence electrons. The largest absolute Gasteiger partial charge is 0.340 e. The Balaban J connectivity index is 1.29. The summed E-state index contributed by atoms with van der Waals surface area (Å²) in [5, 5.41) is 0. The molecule has 1 amide bonds. The number of piperazine rings is 1. The number of carbonyl (C=O) groups excluding carboxylic acids is 1. The van der Waals surface area contributed by atoms with Crippen LogP contribution in [0.3, 0.4) is 0 Å². The van der Waals surface area contributed by atoms with E-state index in [1.165, 1.54) is 16.7 Å². The number of hydrogen-bond acceptors (Lipinski definition) is 3. The first kappa shape index (κ1) is 18.4. The van der Waals surface area contributed by atoms with Crippen molar-refractivity contribution in [2.45, 2.75) is 13.0 Å². The Labute approximate surface area is 166 Å². The smallest absolute Gasteiger partial charge is 0.227 e. The van der Waals surface area contributed by atoms with E-state index in [4.69, 9.17) is 0 Å². The highest BCUT2D eigenvalue weighted by Crippen LogP contribution is 2.19. The minimum Gasteiger partial charge on any atom is -0.340 e. The molecular weight excluding hydrogens is 346 g/mol. The fourth-order valence-corrected chi connectivity index (χ4v) is 3.63. The molecule has 3 aromatic rings. The molecule has 4 heteroatoms. The molecule has 1 fully saturated rings. The monoisotopic (exact) mass is 371 g/mol. The predicted molar refractivity (Wildman–Crippen MR) is 112 cm³/mol. The summed E-state index contributed by atoms with van der Waals surface area (Å²) in [6.45, 7) is 4.35. The second kappa shape index (κ2) is 8.81. The molecule has 0 atom stereocenters. The Morgan fingerprint density at radius 3 is 2.07 bits per heavy atom. The van der Waals surface area contributed by atoms with E-state index >= 15 is 0 Å². The molecule has 4 rings (SSSR count). The molecule has 1 aliphatic heterocycles. The van der Waals surface area contributed by atoms with Crippen LogP contribution in [0.2, 0.25) is 0 Å². The number of aromatic nitrogens is 1. The van der Waals surface area contributed by atoms with Gasteiger partial charge in [0.2, 0.25) is 5.91 Å². The maximum Gasteiger partial charge on any atom is 0.227 e. The topological polar surface area (TPSA) is 36.4 Å². The molecule has 0 radical (unpaired) electrons. The lowest BCUT2D eigenvalue weighted by Gasteiger charge is -2.34. The van der Waals surface area contributed by atoms with Crippen molar-refractivity contribution >= 4 is 5.91 Å². The van der Waals surface area contributed by atoms with E-state index in [0.717, 1.165) is 38.3 Å². The van der Waals surface area contributed by atoms with Gasteiger partial charge < -0.3 is 4.90 Å². The predicted octanol–water partition coefficient (Wildman–Crippen LogP) is 3.64. The Kier molecular flexibility index (Phi) is 5.78. The van der Waals surface area contributed by atoms with Crippen LogP contribution in [0.25, 0.3) is 11.1 Å². The molecule has 0 aliphatic carbocycles. The van der Waals surface area contributed by atoms with E-state index in [-0.39, 0.29) is 5.91 Å². The summed E-state index contributed by atoms with van der Waals surface area (Å²) in [4.78, 5) is 21.1. The average molecular weight is 371 g/mol. The molecule has 0 spiro atoms. The maximum atomic E-state index is 12.7. The number of nitrogens with zero attached hydrogens (tertiary/aromatic N) is 3. The van der Waals surface area contributed by atoms with Crippen LogP contribution in [0.15, 0.2) is 79.1 Å². The number of pyridine rings is 1. The van der Waals surface area contributed by atoms with Gasteiger partial charge in [-0.2, -0.15) is 0 Å². The van der Waals surface area contributed by atoms with Crippen molar-refractivity contribution in [3.05, 3.63) is 90.3 Å². The summed E-state index contributed by atoms with van der Waals surface area (Å²) in [7, 11) is 0. The van der Waals surface area contributed by atoms with Gasteiger partial charge in [0.05, 0.1) is 6.42 Å². The van der Waals surface area contributed by atoms with E-state index in [2.05, 4.69) is 58.4 Å². The third-order valence-corrected chi connectivity index (χ3v) is 5.30. The molecule has 0 unspecified atom stereocenters. The lowest BCUT2D eigenvalue weighted by atomic mass is 10.0. The van der Waals surface area contributed by atoms with Crippen molar-refractivity contribution in [3.63, 3.8) is 0 Å². The van der Waals surface area contributed by atoms with Crippen molar-refractivity contribution < 1.29 is 4.79 Å². The fraction of sp³-hybridized carbons (Fsp3) is 0.250. The molecule has 2 heterocycles. The van der Waals surface area contributed by atoms with E-state index in [1.54, 1.807) is 0 Å². The van der Waals surface area contributed by atoms with Crippen LogP contribution in [0, 0.1) is 0 Å². The van der Waals surface area contributed by atoms with Gasteiger partial charge in [-0.3, -0.25) is 14.7 Å². The van der Waals surface area contributed by atoms with Gasteiger partial charge in [-0.05, 0) is 34.4 Å². The summed E-state index contributed by atoms with van der Waals surface area (Å²) < 4.78 is 0. The molecule has 2 aromatic carbocycles. The Hall–Kier alpha value is -2.98. The highest BCUT2D eigenvalue weighted by atomic mass is 16.2. The maximum absolute atomic E-state index is 12.7. The highest BCUT2D eigenvalue weighted by Gasteiger charge is 2.21. The third-order valence-electron chi connectivity index (χ3n) is 5.30. The standard InChI is InChI=1S/C24H25N3O/c28-24(18-20-6-8-23(9-7-20)22-4-2-1-3-5-22)27-16-14-26(15-17-27)19-21-10-12-25-13-11-21/h1-13H,14-19H2. The number of hydrogen-bond donors (Lipinski definition) is 0. The van der Waals surface area contributed by atoms with E-state index < -0.39 is 0 Å². The van der Waals surface area contributed by atoms with Crippen molar-refractivity contribution in [2.24, 2.45) is 0 Å². The number of benzene rings is 2. The number of rotatable bonds is 5. The molecule has 1 saturated heterocycles. The van der Waals surface area contributed by atoms with Gasteiger partial charge in [0.1, 0.15) is 0 Å². The summed E-state index contributed by atoms with van der Waals surface area (Å²) in [5.74, 6) is 0.219. The zero-order chi connectivity index (χ0) is 19.2. The zero-order valence-electron chi connectivity index (χ0n) is 16.0. The van der Waals surface area contributed by atoms with E-state index in [0.29, 0.717) is 6.42 Å². The van der Waals surface area contributed by atoms with Crippen molar-refractivity contribution in [3.8, 4) is 11.1 Å². The molecule has 4 nitrogen and oxygen atoms in total. The average Bonchev–Trinajstić information content (AvgIpc) is 2.76. The molecule has 1 aliphatic rings. The van der Waals surface area contributed by atoms with E-state index in [1.807, 2.05) is 35.5 Å². The summed E-state index contributed by atoms with van der Waals surface area (Å²) in [5.41, 5.74) is 4.73. The quantitative estimate of drug-likeness (QED) is 0.687. The number of amides is 1. The van der Waals surface area contributed by atoms with Crippen LogP contribution < -0.4 is 0 Å². The first-order valence-electron chi connectivity index (χ1n) is 9.81. The van der Waals surface area contributed by atoms with Crippen LogP contribution in [0.4, 0.5) is 0 Å². The van der Waals surface area contributed by atoms with Crippen LogP contribution in [-0.4, -0.2) is 46.9 Å². The van der Waals surface area contributed by atoms with Gasteiger partial charge in [0.15, 0.2) is 0 Å². The van der Waals surface area contributed by atoms with Crippen LogP contribution in [0.1, 0.15) is 11.1 Å². The van der Waals surface area contributed by atoms with Crippen LogP contribution in [0.5, 0.6) is 0 Å². The van der Waals surface area contributed by atoms with Gasteiger partial charge >= 0.3 is 0 Å². The molecule has 28 heavy (non-hydrogen) atoms. The van der Waals surface area contributed by atoms with Crippen molar-refractivity contribution in [2.75, 3.05) is 26.2 Å². The van der Waals surface area contributed by atoms with Gasteiger partial charge in [0, 0.05) is 45.1 Å². The molecule has 1 aromatic heterocycles. The summed E-state index contributed by atoms with van der Waals surface area (Å²) >= 11 is 0. The van der Waals surface area contributed by atoms with Gasteiger partial charge in [-0.15, -0.1) is 0 Å². The summed E-state index contributed by atoms with van der Waals surface area (Å²) in [6, 6.07) is 22.8. The molecule has 0 bridgehead atoms. The second-order valence-corrected chi connectivity index (χ2v) is 7.25. The summed E-state index contributed by atoms with van der Waals surface area (Å²) in [6.07, 6.45) is 4.13. The molecule has 0 saturated carbocycles. The lowest BCUT2D eigenvalue weighted by molar-refractivity contribution is -0.132. The minimum atomic E-state index is 0.219. The molecule has 0 N–H and O–H groups in total. The fourth-order valence-electron chi connectivity index (χ4n) is 3.63. The lowest BCUT2D eigenvalue weighted by Crippen LogP contribution is -2.48.